The molecule has 0 saturated heterocycles. The highest BCUT2D eigenvalue weighted by molar-refractivity contribution is 6.22. The van der Waals surface area contributed by atoms with Crippen molar-refractivity contribution in [2.45, 2.75) is 114 Å². The maximum absolute atomic E-state index is 14.6. The van der Waals surface area contributed by atoms with E-state index in [4.69, 9.17) is 0 Å². The third-order valence-electron chi connectivity index (χ3n) is 12.0. The van der Waals surface area contributed by atoms with Gasteiger partial charge in [-0.3, -0.25) is 14.4 Å². The van der Waals surface area contributed by atoms with Crippen LogP contribution in [0.2, 0.25) is 0 Å². The van der Waals surface area contributed by atoms with Gasteiger partial charge in [-0.2, -0.15) is 0 Å². The molecular weight excluding hydrogens is 432 g/mol. The molecule has 3 saturated carbocycles. The van der Waals surface area contributed by atoms with Gasteiger partial charge in [0.2, 0.25) is 0 Å². The number of carbonyl (C=O) groups excluding carboxylic acids is 3. The number of Topliss-reactive ketones (excluding diaryl/α,β-unsaturated/α-hetero) is 3. The van der Waals surface area contributed by atoms with Crippen molar-refractivity contribution in [2.24, 2.45) is 57.7 Å². The Kier molecular flexibility index (Phi) is 6.85. The van der Waals surface area contributed by atoms with Crippen molar-refractivity contribution in [1.29, 1.82) is 0 Å². The van der Waals surface area contributed by atoms with Crippen LogP contribution in [0.1, 0.15) is 114 Å². The summed E-state index contributed by atoms with van der Waals surface area (Å²) in [5.41, 5.74) is 0.386. The fourth-order valence-electron chi connectivity index (χ4n) is 10.5. The molecule has 10 unspecified atom stereocenters. The summed E-state index contributed by atoms with van der Waals surface area (Å²) in [6, 6.07) is 0. The molecule has 0 aromatic rings. The molecule has 4 aliphatic rings. The third-order valence-corrected chi connectivity index (χ3v) is 12.0. The van der Waals surface area contributed by atoms with Crippen LogP contribution >= 0.6 is 0 Å². The van der Waals surface area contributed by atoms with Crippen LogP contribution < -0.4 is 0 Å². The first-order chi connectivity index (χ1) is 16.3. The van der Waals surface area contributed by atoms with E-state index >= 15 is 0 Å². The zero-order chi connectivity index (χ0) is 26.1. The van der Waals surface area contributed by atoms with Crippen molar-refractivity contribution in [3.8, 4) is 0 Å². The van der Waals surface area contributed by atoms with Gasteiger partial charge in [0.25, 0.3) is 0 Å². The maximum atomic E-state index is 14.6. The van der Waals surface area contributed by atoms with Gasteiger partial charge >= 0.3 is 0 Å². The zero-order valence-corrected chi connectivity index (χ0v) is 23.9. The SMILES string of the molecule is CCCC1CC(CCC)C2CC3(C)CC4(C)CC(C)=C(C(C)=O)C(=O)C4(C)C(C)C3C(=O)C2C1C. The summed E-state index contributed by atoms with van der Waals surface area (Å²) in [5.74, 6) is 2.52. The lowest BCUT2D eigenvalue weighted by Crippen LogP contribution is -2.66. The Hall–Kier alpha value is -1.25. The summed E-state index contributed by atoms with van der Waals surface area (Å²) >= 11 is 0. The van der Waals surface area contributed by atoms with Crippen LogP contribution in [0.4, 0.5) is 0 Å². The van der Waals surface area contributed by atoms with Gasteiger partial charge < -0.3 is 0 Å². The van der Waals surface area contributed by atoms with Crippen LogP contribution in [0.15, 0.2) is 11.1 Å². The maximum Gasteiger partial charge on any atom is 0.173 e. The average Bonchev–Trinajstić information content (AvgIpc) is 2.73. The molecule has 0 radical (unpaired) electrons. The molecule has 3 fully saturated rings. The highest BCUT2D eigenvalue weighted by Crippen LogP contribution is 2.71. The lowest BCUT2D eigenvalue weighted by atomic mass is 9.35. The molecule has 0 bridgehead atoms. The fraction of sp³-hybridized carbons (Fsp3) is 0.844. The third kappa shape index (κ3) is 3.68. The molecule has 0 heterocycles. The number of rotatable bonds is 5. The van der Waals surface area contributed by atoms with Crippen molar-refractivity contribution < 1.29 is 14.4 Å². The van der Waals surface area contributed by atoms with E-state index in [1.165, 1.54) is 39.0 Å². The number of allylic oxidation sites excluding steroid dienone is 2. The average molecular weight is 483 g/mol. The number of hydrogen-bond donors (Lipinski definition) is 0. The molecule has 35 heavy (non-hydrogen) atoms. The molecular formula is C32H50O3. The summed E-state index contributed by atoms with van der Waals surface area (Å²) in [6.45, 7) is 19.4. The Bertz CT molecular complexity index is 944. The highest BCUT2D eigenvalue weighted by atomic mass is 16.2. The Morgan fingerprint density at radius 3 is 2.17 bits per heavy atom. The Morgan fingerprint density at radius 2 is 1.60 bits per heavy atom. The summed E-state index contributed by atoms with van der Waals surface area (Å²) in [5, 5.41) is 0. The second kappa shape index (κ2) is 8.95. The van der Waals surface area contributed by atoms with Gasteiger partial charge in [-0.1, -0.05) is 79.7 Å². The van der Waals surface area contributed by atoms with Gasteiger partial charge in [0.05, 0.1) is 5.57 Å². The Morgan fingerprint density at radius 1 is 1.00 bits per heavy atom. The van der Waals surface area contributed by atoms with E-state index in [2.05, 4.69) is 48.5 Å². The first kappa shape index (κ1) is 26.8. The standard InChI is InChI=1S/C32H50O3/c1-10-12-22-14-23(13-11-2)24-16-30(7)17-31(8)15-18(3)25(21(6)33)29(35)32(31,9)20(5)27(30)28(34)26(24)19(22)4/h19-20,22-24,26-27H,10-17H2,1-9H3. The van der Waals surface area contributed by atoms with Crippen molar-refractivity contribution in [3.05, 3.63) is 11.1 Å². The lowest BCUT2D eigenvalue weighted by molar-refractivity contribution is -0.191. The molecule has 0 aromatic carbocycles. The van der Waals surface area contributed by atoms with Crippen LogP contribution in [0.25, 0.3) is 0 Å². The van der Waals surface area contributed by atoms with Crippen molar-refractivity contribution in [3.63, 3.8) is 0 Å². The van der Waals surface area contributed by atoms with Crippen molar-refractivity contribution >= 4 is 17.3 Å². The van der Waals surface area contributed by atoms with E-state index in [9.17, 15) is 14.4 Å². The zero-order valence-electron chi connectivity index (χ0n) is 23.9. The normalized spacial score (nSPS) is 47.7. The van der Waals surface area contributed by atoms with Gasteiger partial charge in [-0.15, -0.1) is 0 Å². The van der Waals surface area contributed by atoms with E-state index in [0.29, 0.717) is 35.0 Å². The van der Waals surface area contributed by atoms with E-state index in [0.717, 1.165) is 24.8 Å². The van der Waals surface area contributed by atoms with E-state index in [1.54, 1.807) is 0 Å². The molecule has 4 aliphatic carbocycles. The molecule has 3 nitrogen and oxygen atoms in total. The Labute approximate surface area is 214 Å². The van der Waals surface area contributed by atoms with Crippen molar-refractivity contribution in [2.75, 3.05) is 0 Å². The summed E-state index contributed by atoms with van der Waals surface area (Å²) in [6.07, 6.45) is 8.91. The minimum absolute atomic E-state index is 0.00475. The lowest BCUT2D eigenvalue weighted by Gasteiger charge is -2.67. The van der Waals surface area contributed by atoms with Crippen molar-refractivity contribution in [1.82, 2.24) is 0 Å². The van der Waals surface area contributed by atoms with Gasteiger partial charge in [0.1, 0.15) is 5.78 Å². The molecule has 0 N–H and O–H groups in total. The van der Waals surface area contributed by atoms with Crippen LogP contribution in [0, 0.1) is 57.7 Å². The first-order valence-electron chi connectivity index (χ1n) is 14.6. The number of carbonyl (C=O) groups is 3. The van der Waals surface area contributed by atoms with Gasteiger partial charge in [0, 0.05) is 17.3 Å². The van der Waals surface area contributed by atoms with Crippen LogP contribution in [-0.4, -0.2) is 17.3 Å². The first-order valence-corrected chi connectivity index (χ1v) is 14.6. The molecule has 0 aromatic heterocycles. The van der Waals surface area contributed by atoms with E-state index in [-0.39, 0.29) is 40.2 Å². The predicted molar refractivity (Wildman–Crippen MR) is 142 cm³/mol. The largest absolute Gasteiger partial charge is 0.299 e. The number of ketones is 3. The minimum atomic E-state index is -0.677. The second-order valence-corrected chi connectivity index (χ2v) is 14.1. The minimum Gasteiger partial charge on any atom is -0.299 e. The quantitative estimate of drug-likeness (QED) is 0.379. The number of fused-ring (bicyclic) bond motifs is 3. The van der Waals surface area contributed by atoms with Crippen LogP contribution in [0.3, 0.4) is 0 Å². The smallest absolute Gasteiger partial charge is 0.173 e. The van der Waals surface area contributed by atoms with Crippen LogP contribution in [-0.2, 0) is 14.4 Å². The topological polar surface area (TPSA) is 51.2 Å². The van der Waals surface area contributed by atoms with Gasteiger partial charge in [0.15, 0.2) is 11.6 Å². The molecule has 10 atom stereocenters. The fourth-order valence-corrected chi connectivity index (χ4v) is 10.5. The highest BCUT2D eigenvalue weighted by Gasteiger charge is 2.69. The molecule has 4 rings (SSSR count). The van der Waals surface area contributed by atoms with Gasteiger partial charge in [-0.05, 0) is 80.0 Å². The number of hydrogen-bond acceptors (Lipinski definition) is 3. The van der Waals surface area contributed by atoms with E-state index in [1.807, 2.05) is 6.92 Å². The summed E-state index contributed by atoms with van der Waals surface area (Å²) in [4.78, 5) is 41.2. The molecule has 3 heteroatoms. The summed E-state index contributed by atoms with van der Waals surface area (Å²) < 4.78 is 0. The Balaban J connectivity index is 1.81. The monoisotopic (exact) mass is 482 g/mol. The molecule has 196 valence electrons. The molecule has 0 aliphatic heterocycles. The van der Waals surface area contributed by atoms with E-state index < -0.39 is 5.41 Å². The molecule has 0 spiro atoms. The van der Waals surface area contributed by atoms with Gasteiger partial charge in [-0.25, -0.2) is 0 Å². The predicted octanol–water partition coefficient (Wildman–Crippen LogP) is 7.62. The second-order valence-electron chi connectivity index (χ2n) is 14.1. The van der Waals surface area contributed by atoms with Crippen LogP contribution in [0.5, 0.6) is 0 Å². The molecule has 0 amide bonds. The summed E-state index contributed by atoms with van der Waals surface area (Å²) in [7, 11) is 0.